The SMILES string of the molecule is CNC1C(S(=O)c2cccc(Br)c2)CCCC1(C)C. The van der Waals surface area contributed by atoms with E-state index in [4.69, 9.17) is 0 Å². The Labute approximate surface area is 127 Å². The molecule has 19 heavy (non-hydrogen) atoms. The van der Waals surface area contributed by atoms with E-state index in [9.17, 15) is 4.21 Å². The minimum Gasteiger partial charge on any atom is -0.315 e. The molecule has 3 unspecified atom stereocenters. The van der Waals surface area contributed by atoms with E-state index in [1.165, 1.54) is 6.42 Å². The van der Waals surface area contributed by atoms with Gasteiger partial charge < -0.3 is 5.32 Å². The van der Waals surface area contributed by atoms with Gasteiger partial charge in [0.15, 0.2) is 0 Å². The highest BCUT2D eigenvalue weighted by Gasteiger charge is 2.41. The molecule has 3 atom stereocenters. The fourth-order valence-corrected chi connectivity index (χ4v) is 5.65. The zero-order chi connectivity index (χ0) is 14.0. The molecule has 0 aromatic heterocycles. The van der Waals surface area contributed by atoms with Gasteiger partial charge in [0.05, 0.1) is 16.0 Å². The molecule has 4 heteroatoms. The van der Waals surface area contributed by atoms with Gasteiger partial charge in [-0.3, -0.25) is 4.21 Å². The van der Waals surface area contributed by atoms with Gasteiger partial charge in [-0.2, -0.15) is 0 Å². The Hall–Kier alpha value is -0.190. The molecule has 1 N–H and O–H groups in total. The van der Waals surface area contributed by atoms with Crippen LogP contribution in [-0.2, 0) is 10.8 Å². The average molecular weight is 344 g/mol. The Balaban J connectivity index is 2.27. The van der Waals surface area contributed by atoms with Crippen LogP contribution in [0.1, 0.15) is 33.1 Å². The third kappa shape index (κ3) is 3.29. The summed E-state index contributed by atoms with van der Waals surface area (Å²) in [6.45, 7) is 4.55. The highest BCUT2D eigenvalue weighted by atomic mass is 79.9. The predicted molar refractivity (Wildman–Crippen MR) is 84.8 cm³/mol. The van der Waals surface area contributed by atoms with Crippen molar-refractivity contribution in [3.05, 3.63) is 28.7 Å². The summed E-state index contributed by atoms with van der Waals surface area (Å²) in [5.74, 6) is 0. The van der Waals surface area contributed by atoms with Crippen LogP contribution in [0.25, 0.3) is 0 Å². The lowest BCUT2D eigenvalue weighted by Crippen LogP contribution is -2.52. The van der Waals surface area contributed by atoms with Gasteiger partial charge >= 0.3 is 0 Å². The standard InChI is InChI=1S/C15H22BrNOS/c1-15(2)9-5-8-13(14(15)17-3)19(18)12-7-4-6-11(16)10-12/h4,6-7,10,13-14,17H,5,8-9H2,1-3H3. The smallest absolute Gasteiger partial charge is 0.0577 e. The van der Waals surface area contributed by atoms with Crippen LogP contribution in [0.2, 0.25) is 0 Å². The highest BCUT2D eigenvalue weighted by molar-refractivity contribution is 9.10. The summed E-state index contributed by atoms with van der Waals surface area (Å²) in [6.07, 6.45) is 3.40. The summed E-state index contributed by atoms with van der Waals surface area (Å²) in [4.78, 5) is 0.928. The Morgan fingerprint density at radius 2 is 2.16 bits per heavy atom. The van der Waals surface area contributed by atoms with Crippen LogP contribution >= 0.6 is 15.9 Å². The first-order valence-corrected chi connectivity index (χ1v) is 8.80. The Morgan fingerprint density at radius 3 is 2.79 bits per heavy atom. The van der Waals surface area contributed by atoms with Gasteiger partial charge in [-0.15, -0.1) is 0 Å². The van der Waals surface area contributed by atoms with Crippen molar-refractivity contribution in [2.45, 2.75) is 49.3 Å². The van der Waals surface area contributed by atoms with E-state index in [0.717, 1.165) is 22.2 Å². The molecule has 0 saturated heterocycles. The molecule has 0 radical (unpaired) electrons. The average Bonchev–Trinajstić information content (AvgIpc) is 2.36. The fourth-order valence-electron chi connectivity index (χ4n) is 3.16. The van der Waals surface area contributed by atoms with Crippen LogP contribution in [0.5, 0.6) is 0 Å². The molecule has 0 heterocycles. The maximum absolute atomic E-state index is 12.9. The summed E-state index contributed by atoms with van der Waals surface area (Å²) in [5, 5.41) is 3.60. The van der Waals surface area contributed by atoms with Crippen molar-refractivity contribution in [3.63, 3.8) is 0 Å². The van der Waals surface area contributed by atoms with Gasteiger partial charge in [0.25, 0.3) is 0 Å². The summed E-state index contributed by atoms with van der Waals surface area (Å²) in [7, 11) is 1.04. The highest BCUT2D eigenvalue weighted by Crippen LogP contribution is 2.39. The van der Waals surface area contributed by atoms with Gasteiger partial charge in [-0.05, 0) is 43.5 Å². The normalized spacial score (nSPS) is 28.0. The van der Waals surface area contributed by atoms with Gasteiger partial charge in [-0.25, -0.2) is 0 Å². The van der Waals surface area contributed by atoms with E-state index in [-0.39, 0.29) is 10.7 Å². The van der Waals surface area contributed by atoms with Crippen molar-refractivity contribution in [2.75, 3.05) is 7.05 Å². The number of halogens is 1. The van der Waals surface area contributed by atoms with E-state index in [2.05, 4.69) is 35.1 Å². The molecule has 1 aromatic carbocycles. The molecule has 0 bridgehead atoms. The van der Waals surface area contributed by atoms with Crippen LogP contribution in [0.15, 0.2) is 33.6 Å². The first kappa shape index (κ1) is 15.2. The van der Waals surface area contributed by atoms with Crippen LogP contribution < -0.4 is 5.32 Å². The molecule has 1 saturated carbocycles. The van der Waals surface area contributed by atoms with E-state index in [1.54, 1.807) is 0 Å². The predicted octanol–water partition coefficient (Wildman–Crippen LogP) is 3.72. The minimum absolute atomic E-state index is 0.197. The van der Waals surface area contributed by atoms with Crippen molar-refractivity contribution in [3.8, 4) is 0 Å². The molecule has 0 amide bonds. The Bertz CT molecular complexity index is 475. The van der Waals surface area contributed by atoms with Gasteiger partial charge in [0.1, 0.15) is 0 Å². The quantitative estimate of drug-likeness (QED) is 0.905. The van der Waals surface area contributed by atoms with Crippen LogP contribution in [0, 0.1) is 5.41 Å². The lowest BCUT2D eigenvalue weighted by molar-refractivity contribution is 0.180. The van der Waals surface area contributed by atoms with E-state index in [0.29, 0.717) is 6.04 Å². The van der Waals surface area contributed by atoms with Crippen molar-refractivity contribution < 1.29 is 4.21 Å². The molecule has 2 nitrogen and oxygen atoms in total. The molecule has 0 aliphatic heterocycles. The zero-order valence-corrected chi connectivity index (χ0v) is 14.2. The molecular weight excluding hydrogens is 322 g/mol. The van der Waals surface area contributed by atoms with Gasteiger partial charge in [-0.1, -0.05) is 42.3 Å². The second kappa shape index (κ2) is 6.06. The Kier molecular flexibility index (Phi) is 4.85. The monoisotopic (exact) mass is 343 g/mol. The molecule has 1 aromatic rings. The number of hydrogen-bond acceptors (Lipinski definition) is 2. The molecule has 2 rings (SSSR count). The molecular formula is C15H22BrNOS. The van der Waals surface area contributed by atoms with Crippen LogP contribution in [0.4, 0.5) is 0 Å². The van der Waals surface area contributed by atoms with Crippen molar-refractivity contribution in [1.29, 1.82) is 0 Å². The lowest BCUT2D eigenvalue weighted by atomic mass is 9.73. The second-order valence-electron chi connectivity index (χ2n) is 5.94. The summed E-state index contributed by atoms with van der Waals surface area (Å²) in [6, 6.07) is 8.18. The Morgan fingerprint density at radius 1 is 1.42 bits per heavy atom. The van der Waals surface area contributed by atoms with Gasteiger partial charge in [0, 0.05) is 15.4 Å². The fraction of sp³-hybridized carbons (Fsp3) is 0.600. The molecule has 106 valence electrons. The van der Waals surface area contributed by atoms with Crippen LogP contribution in [0.3, 0.4) is 0 Å². The summed E-state index contributed by atoms with van der Waals surface area (Å²) in [5.41, 5.74) is 0.208. The third-order valence-electron chi connectivity index (χ3n) is 4.14. The molecule has 1 aliphatic rings. The summed E-state index contributed by atoms with van der Waals surface area (Å²) >= 11 is 3.46. The number of nitrogens with one attached hydrogen (secondary N) is 1. The number of rotatable bonds is 3. The molecule has 0 spiro atoms. The van der Waals surface area contributed by atoms with Crippen molar-refractivity contribution in [2.24, 2.45) is 5.41 Å². The van der Waals surface area contributed by atoms with E-state index >= 15 is 0 Å². The van der Waals surface area contributed by atoms with Crippen LogP contribution in [-0.4, -0.2) is 22.5 Å². The third-order valence-corrected chi connectivity index (χ3v) is 6.41. The summed E-state index contributed by atoms with van der Waals surface area (Å²) < 4.78 is 13.9. The number of hydrogen-bond donors (Lipinski definition) is 1. The van der Waals surface area contributed by atoms with Gasteiger partial charge in [0.2, 0.25) is 0 Å². The lowest BCUT2D eigenvalue weighted by Gasteiger charge is -2.43. The van der Waals surface area contributed by atoms with E-state index in [1.807, 2.05) is 31.3 Å². The van der Waals surface area contributed by atoms with Crippen molar-refractivity contribution in [1.82, 2.24) is 5.32 Å². The largest absolute Gasteiger partial charge is 0.315 e. The first-order valence-electron chi connectivity index (χ1n) is 6.79. The topological polar surface area (TPSA) is 29.1 Å². The minimum atomic E-state index is -0.949. The maximum atomic E-state index is 12.9. The molecule has 1 aliphatic carbocycles. The number of benzene rings is 1. The zero-order valence-electron chi connectivity index (χ0n) is 11.8. The first-order chi connectivity index (χ1) is 8.95. The second-order valence-corrected chi connectivity index (χ2v) is 8.53. The molecule has 1 fully saturated rings. The maximum Gasteiger partial charge on any atom is 0.0577 e. The van der Waals surface area contributed by atoms with Crippen molar-refractivity contribution >= 4 is 26.7 Å². The van der Waals surface area contributed by atoms with E-state index < -0.39 is 10.8 Å².